The Balaban J connectivity index is 1.58. The van der Waals surface area contributed by atoms with E-state index in [0.29, 0.717) is 12.5 Å². The van der Waals surface area contributed by atoms with E-state index in [4.69, 9.17) is 15.7 Å². The van der Waals surface area contributed by atoms with Gasteiger partial charge >= 0.3 is 0 Å². The van der Waals surface area contributed by atoms with Crippen molar-refractivity contribution in [3.05, 3.63) is 23.7 Å². The lowest BCUT2D eigenvalue weighted by Crippen LogP contribution is -2.45. The fourth-order valence-electron chi connectivity index (χ4n) is 3.56. The predicted octanol–water partition coefficient (Wildman–Crippen LogP) is 2.08. The number of aromatic nitrogens is 1. The molecule has 150 valence electrons. The average Bonchev–Trinajstić information content (AvgIpc) is 3.34. The zero-order valence-electron chi connectivity index (χ0n) is 16.9. The quantitative estimate of drug-likeness (QED) is 0.807. The monoisotopic (exact) mass is 400 g/mol. The molecule has 1 aromatic heterocycles. The summed E-state index contributed by atoms with van der Waals surface area (Å²) in [5.74, 6) is 2.01. The van der Waals surface area contributed by atoms with Crippen molar-refractivity contribution < 1.29 is 0 Å². The van der Waals surface area contributed by atoms with Gasteiger partial charge in [-0.05, 0) is 24.1 Å². The van der Waals surface area contributed by atoms with E-state index in [-0.39, 0.29) is 11.5 Å². The number of nitrogens with zero attached hydrogens (tertiary/aromatic N) is 6. The van der Waals surface area contributed by atoms with Gasteiger partial charge in [-0.25, -0.2) is 4.99 Å². The van der Waals surface area contributed by atoms with E-state index >= 15 is 0 Å². The van der Waals surface area contributed by atoms with Crippen LogP contribution < -0.4 is 11.1 Å². The number of hydrogen-bond donors (Lipinski definition) is 2. The summed E-state index contributed by atoms with van der Waals surface area (Å²) in [4.78, 5) is 11.9. The van der Waals surface area contributed by atoms with Gasteiger partial charge in [0.25, 0.3) is 0 Å². The molecule has 0 aliphatic carbocycles. The Labute approximate surface area is 170 Å². The van der Waals surface area contributed by atoms with Crippen molar-refractivity contribution in [2.45, 2.75) is 38.6 Å². The van der Waals surface area contributed by atoms with Gasteiger partial charge in [0.15, 0.2) is 11.7 Å². The fourth-order valence-corrected chi connectivity index (χ4v) is 4.39. The minimum Gasteiger partial charge on any atom is -0.330 e. The highest BCUT2D eigenvalue weighted by Gasteiger charge is 2.38. The molecule has 3 aliphatic rings. The van der Waals surface area contributed by atoms with Gasteiger partial charge in [0.05, 0.1) is 24.0 Å². The van der Waals surface area contributed by atoms with Crippen LogP contribution in [0.5, 0.6) is 0 Å². The Kier molecular flexibility index (Phi) is 4.96. The maximum Gasteiger partial charge on any atom is 0.174 e. The molecule has 0 saturated heterocycles. The van der Waals surface area contributed by atoms with E-state index in [9.17, 15) is 0 Å². The molecular formula is C19H28N8S. The van der Waals surface area contributed by atoms with Crippen LogP contribution in [0.1, 0.15) is 32.9 Å². The molecule has 0 amide bonds. The van der Waals surface area contributed by atoms with Crippen molar-refractivity contribution in [1.82, 2.24) is 14.3 Å². The van der Waals surface area contributed by atoms with Gasteiger partial charge in [-0.3, -0.25) is 10.0 Å². The second-order valence-corrected chi connectivity index (χ2v) is 9.28. The fraction of sp³-hybridized carbons (Fsp3) is 0.579. The molecule has 28 heavy (non-hydrogen) atoms. The molecule has 9 heteroatoms. The number of anilines is 1. The number of amidine groups is 2. The van der Waals surface area contributed by atoms with E-state index in [0.717, 1.165) is 47.6 Å². The molecule has 0 radical (unpaired) electrons. The molecule has 2 unspecified atom stereocenters. The number of hydrogen-bond acceptors (Lipinski definition) is 9. The second kappa shape index (κ2) is 7.29. The van der Waals surface area contributed by atoms with Crippen LogP contribution in [0.3, 0.4) is 0 Å². The maximum atomic E-state index is 5.81. The SMILES string of the molecule is CN1CC(C2CN=C3C(Nc4cc(C(C)(C)C)ns4)=NC(CCN)=CN32)C=N1. The zero-order valence-corrected chi connectivity index (χ0v) is 17.7. The molecule has 0 aromatic carbocycles. The van der Waals surface area contributed by atoms with Gasteiger partial charge in [0.1, 0.15) is 5.00 Å². The topological polar surface area (TPSA) is 94.5 Å². The predicted molar refractivity (Wildman–Crippen MR) is 116 cm³/mol. The van der Waals surface area contributed by atoms with E-state index in [2.05, 4.69) is 52.7 Å². The Morgan fingerprint density at radius 1 is 1.36 bits per heavy atom. The average molecular weight is 401 g/mol. The summed E-state index contributed by atoms with van der Waals surface area (Å²) < 4.78 is 4.59. The van der Waals surface area contributed by atoms with Crippen molar-refractivity contribution in [2.24, 2.45) is 26.7 Å². The number of nitrogens with two attached hydrogens (primary N) is 1. The van der Waals surface area contributed by atoms with Crippen molar-refractivity contribution in [2.75, 3.05) is 32.0 Å². The first-order valence-corrected chi connectivity index (χ1v) is 10.4. The number of fused-ring (bicyclic) bond motifs is 1. The molecule has 2 atom stereocenters. The van der Waals surface area contributed by atoms with Crippen molar-refractivity contribution in [3.63, 3.8) is 0 Å². The Morgan fingerprint density at radius 2 is 2.18 bits per heavy atom. The molecule has 3 N–H and O–H groups in total. The molecule has 8 nitrogen and oxygen atoms in total. The van der Waals surface area contributed by atoms with Crippen LogP contribution in [0.15, 0.2) is 33.0 Å². The summed E-state index contributed by atoms with van der Waals surface area (Å²) in [5.41, 5.74) is 7.87. The molecule has 0 spiro atoms. The summed E-state index contributed by atoms with van der Waals surface area (Å²) in [6.45, 7) is 8.71. The third-order valence-corrected chi connectivity index (χ3v) is 5.84. The molecule has 0 fully saturated rings. The highest BCUT2D eigenvalue weighted by Crippen LogP contribution is 2.30. The lowest BCUT2D eigenvalue weighted by atomic mass is 9.92. The molecule has 0 bridgehead atoms. The van der Waals surface area contributed by atoms with Crippen LogP contribution in [-0.4, -0.2) is 64.9 Å². The van der Waals surface area contributed by atoms with Crippen LogP contribution in [0.25, 0.3) is 0 Å². The highest BCUT2D eigenvalue weighted by atomic mass is 32.1. The minimum atomic E-state index is 0.0191. The third kappa shape index (κ3) is 3.68. The van der Waals surface area contributed by atoms with E-state index in [1.54, 1.807) is 0 Å². The molecule has 3 aliphatic heterocycles. The molecule has 4 rings (SSSR count). The molecular weight excluding hydrogens is 372 g/mol. The number of nitrogens with one attached hydrogen (secondary N) is 1. The first-order valence-electron chi connectivity index (χ1n) is 9.67. The molecule has 0 saturated carbocycles. The normalized spacial score (nSPS) is 24.2. The summed E-state index contributed by atoms with van der Waals surface area (Å²) in [6, 6.07) is 2.36. The van der Waals surface area contributed by atoms with Gasteiger partial charge in [-0.15, -0.1) is 0 Å². The van der Waals surface area contributed by atoms with Crippen LogP contribution >= 0.6 is 11.5 Å². The third-order valence-electron chi connectivity index (χ3n) is 5.13. The summed E-state index contributed by atoms with van der Waals surface area (Å²) >= 11 is 1.46. The number of aliphatic imine (C=N–C) groups is 2. The first-order chi connectivity index (χ1) is 13.3. The Bertz CT molecular complexity index is 860. The summed E-state index contributed by atoms with van der Waals surface area (Å²) in [5, 5.41) is 10.8. The van der Waals surface area contributed by atoms with Gasteiger partial charge in [-0.1, -0.05) is 20.8 Å². The van der Waals surface area contributed by atoms with E-state index in [1.165, 1.54) is 11.5 Å². The zero-order chi connectivity index (χ0) is 19.9. The molecule has 1 aromatic rings. The van der Waals surface area contributed by atoms with Crippen LogP contribution in [0.4, 0.5) is 5.00 Å². The van der Waals surface area contributed by atoms with Gasteiger partial charge in [0, 0.05) is 43.8 Å². The van der Waals surface area contributed by atoms with Crippen molar-refractivity contribution >= 4 is 34.4 Å². The van der Waals surface area contributed by atoms with Crippen molar-refractivity contribution in [1.29, 1.82) is 0 Å². The Hall–Kier alpha value is -2.26. The maximum absolute atomic E-state index is 5.81. The van der Waals surface area contributed by atoms with E-state index < -0.39 is 0 Å². The summed E-state index contributed by atoms with van der Waals surface area (Å²) in [6.07, 6.45) is 4.88. The largest absolute Gasteiger partial charge is 0.330 e. The highest BCUT2D eigenvalue weighted by molar-refractivity contribution is 7.10. The van der Waals surface area contributed by atoms with Crippen LogP contribution in [0.2, 0.25) is 0 Å². The van der Waals surface area contributed by atoms with Crippen LogP contribution in [-0.2, 0) is 5.41 Å². The number of rotatable bonds is 4. The van der Waals surface area contributed by atoms with E-state index in [1.807, 2.05) is 18.3 Å². The van der Waals surface area contributed by atoms with Gasteiger partial charge < -0.3 is 16.0 Å². The lowest BCUT2D eigenvalue weighted by molar-refractivity contribution is 0.298. The standard InChI is InChI=1S/C19H28N8S/c1-19(2,3)15-7-16(28-25-15)24-17-18-21-9-14(12-8-22-26(4)10-12)27(18)11-13(23-17)5-6-20/h7-8,11-12,14H,5-6,9-10,20H2,1-4H3,(H,23,24). The first kappa shape index (κ1) is 19.1. The smallest absolute Gasteiger partial charge is 0.174 e. The van der Waals surface area contributed by atoms with Gasteiger partial charge in [0.2, 0.25) is 0 Å². The molecule has 4 heterocycles. The second-order valence-electron chi connectivity index (χ2n) is 8.48. The minimum absolute atomic E-state index is 0.0191. The lowest BCUT2D eigenvalue weighted by Gasteiger charge is -2.31. The van der Waals surface area contributed by atoms with Crippen molar-refractivity contribution in [3.8, 4) is 0 Å². The summed E-state index contributed by atoms with van der Waals surface area (Å²) in [7, 11) is 2.00. The van der Waals surface area contributed by atoms with Gasteiger partial charge in [-0.2, -0.15) is 9.47 Å². The Morgan fingerprint density at radius 3 is 2.82 bits per heavy atom. The van der Waals surface area contributed by atoms with Crippen LogP contribution in [0, 0.1) is 5.92 Å². The number of hydrazone groups is 1.